The molecule has 1 amide bonds. The number of hydrogen-bond donors (Lipinski definition) is 1. The Bertz CT molecular complexity index is 315. The first-order valence-corrected chi connectivity index (χ1v) is 8.81. The molecule has 0 aromatic heterocycles. The Morgan fingerprint density at radius 2 is 1.95 bits per heavy atom. The van der Waals surface area contributed by atoms with Crippen molar-refractivity contribution in [1.82, 2.24) is 15.1 Å². The number of nitrogens with zero attached hydrogens (tertiary/aromatic N) is 2. The Morgan fingerprint density at radius 3 is 2.67 bits per heavy atom. The highest BCUT2D eigenvalue weighted by Crippen LogP contribution is 2.20. The van der Waals surface area contributed by atoms with E-state index < -0.39 is 0 Å². The lowest BCUT2D eigenvalue weighted by Crippen LogP contribution is -2.39. The smallest absolute Gasteiger partial charge is 0.222 e. The van der Waals surface area contributed by atoms with Crippen LogP contribution in [0.15, 0.2) is 0 Å². The summed E-state index contributed by atoms with van der Waals surface area (Å²) in [6.07, 6.45) is 9.41. The maximum absolute atomic E-state index is 12.2. The van der Waals surface area contributed by atoms with Gasteiger partial charge in [-0.3, -0.25) is 4.79 Å². The van der Waals surface area contributed by atoms with E-state index in [1.54, 1.807) is 0 Å². The third-order valence-corrected chi connectivity index (χ3v) is 5.37. The normalized spacial score (nSPS) is 25.0. The minimum atomic E-state index is 0.340. The lowest BCUT2D eigenvalue weighted by molar-refractivity contribution is -0.130. The quantitative estimate of drug-likeness (QED) is 0.815. The molecule has 4 nitrogen and oxygen atoms in total. The first-order chi connectivity index (χ1) is 10.2. The molecule has 0 aromatic rings. The van der Waals surface area contributed by atoms with Crippen molar-refractivity contribution in [3.8, 4) is 0 Å². The molecule has 1 unspecified atom stereocenters. The number of nitrogens with one attached hydrogen (secondary N) is 1. The van der Waals surface area contributed by atoms with Gasteiger partial charge in [-0.15, -0.1) is 0 Å². The van der Waals surface area contributed by atoms with Gasteiger partial charge in [0.25, 0.3) is 0 Å². The van der Waals surface area contributed by atoms with Crippen LogP contribution in [-0.2, 0) is 4.79 Å². The Hall–Kier alpha value is -0.610. The number of likely N-dealkylation sites (tertiary alicyclic amines) is 1. The lowest BCUT2D eigenvalue weighted by Gasteiger charge is -2.33. The van der Waals surface area contributed by atoms with Crippen LogP contribution in [0.4, 0.5) is 0 Å². The second-order valence-electron chi connectivity index (χ2n) is 6.97. The van der Waals surface area contributed by atoms with Crippen LogP contribution in [0.2, 0.25) is 0 Å². The molecule has 2 fully saturated rings. The van der Waals surface area contributed by atoms with E-state index in [0.29, 0.717) is 11.9 Å². The fourth-order valence-electron chi connectivity index (χ4n) is 3.67. The molecular weight excluding hydrogens is 262 g/mol. The van der Waals surface area contributed by atoms with Gasteiger partial charge in [-0.1, -0.05) is 6.42 Å². The molecule has 1 N–H and O–H groups in total. The van der Waals surface area contributed by atoms with E-state index in [4.69, 9.17) is 0 Å². The Morgan fingerprint density at radius 1 is 1.19 bits per heavy atom. The van der Waals surface area contributed by atoms with Crippen molar-refractivity contribution in [2.24, 2.45) is 5.92 Å². The van der Waals surface area contributed by atoms with Gasteiger partial charge < -0.3 is 15.1 Å². The fourth-order valence-corrected chi connectivity index (χ4v) is 3.67. The zero-order chi connectivity index (χ0) is 15.1. The van der Waals surface area contributed by atoms with Crippen LogP contribution in [0.3, 0.4) is 0 Å². The highest BCUT2D eigenvalue weighted by Gasteiger charge is 2.20. The first kappa shape index (κ1) is 16.8. The molecule has 0 aliphatic carbocycles. The monoisotopic (exact) mass is 295 g/mol. The number of rotatable bonds is 6. The van der Waals surface area contributed by atoms with Crippen LogP contribution in [-0.4, -0.2) is 62.0 Å². The van der Waals surface area contributed by atoms with Crippen LogP contribution in [0.1, 0.15) is 51.4 Å². The lowest BCUT2D eigenvalue weighted by atomic mass is 9.93. The van der Waals surface area contributed by atoms with Gasteiger partial charge in [0, 0.05) is 26.1 Å². The second-order valence-corrected chi connectivity index (χ2v) is 6.97. The van der Waals surface area contributed by atoms with Crippen molar-refractivity contribution in [2.75, 3.05) is 40.3 Å². The molecule has 0 bridgehead atoms. The van der Waals surface area contributed by atoms with Gasteiger partial charge in [0.05, 0.1) is 0 Å². The summed E-state index contributed by atoms with van der Waals surface area (Å²) in [6, 6.07) is 0.679. The summed E-state index contributed by atoms with van der Waals surface area (Å²) in [5.41, 5.74) is 0. The van der Waals surface area contributed by atoms with Gasteiger partial charge in [0.2, 0.25) is 5.91 Å². The van der Waals surface area contributed by atoms with Gasteiger partial charge in [0.1, 0.15) is 0 Å². The molecule has 21 heavy (non-hydrogen) atoms. The Kier molecular flexibility index (Phi) is 6.97. The highest BCUT2D eigenvalue weighted by atomic mass is 16.2. The van der Waals surface area contributed by atoms with Gasteiger partial charge in [-0.2, -0.15) is 0 Å². The van der Waals surface area contributed by atoms with Crippen molar-refractivity contribution in [2.45, 2.75) is 57.4 Å². The summed E-state index contributed by atoms with van der Waals surface area (Å²) in [5, 5.41) is 3.39. The highest BCUT2D eigenvalue weighted by molar-refractivity contribution is 5.75. The summed E-state index contributed by atoms with van der Waals surface area (Å²) in [5.74, 6) is 1.10. The molecule has 4 heteroatoms. The summed E-state index contributed by atoms with van der Waals surface area (Å²) in [6.45, 7) is 4.39. The van der Waals surface area contributed by atoms with Crippen molar-refractivity contribution >= 4 is 5.91 Å². The SMILES string of the molecule is CN(CCC1CCCCN1C)C(=O)CCC1CCNCC1. The molecule has 2 saturated heterocycles. The zero-order valence-electron chi connectivity index (χ0n) is 13.9. The zero-order valence-corrected chi connectivity index (χ0v) is 13.9. The van der Waals surface area contributed by atoms with E-state index in [2.05, 4.69) is 17.3 Å². The third-order valence-electron chi connectivity index (χ3n) is 5.37. The van der Waals surface area contributed by atoms with E-state index in [-0.39, 0.29) is 0 Å². The standard InChI is InChI=1S/C17H33N3O/c1-19-13-4-3-5-16(19)10-14-20(2)17(21)7-6-15-8-11-18-12-9-15/h15-16,18H,3-14H2,1-2H3. The van der Waals surface area contributed by atoms with E-state index in [0.717, 1.165) is 44.8 Å². The predicted octanol–water partition coefficient (Wildman–Crippen LogP) is 2.10. The molecule has 1 atom stereocenters. The van der Waals surface area contributed by atoms with Crippen molar-refractivity contribution < 1.29 is 4.79 Å². The van der Waals surface area contributed by atoms with Crippen LogP contribution in [0.5, 0.6) is 0 Å². The average molecular weight is 295 g/mol. The molecule has 2 aliphatic rings. The molecule has 0 radical (unpaired) electrons. The van der Waals surface area contributed by atoms with E-state index in [1.807, 2.05) is 11.9 Å². The molecular formula is C17H33N3O. The fraction of sp³-hybridized carbons (Fsp3) is 0.941. The van der Waals surface area contributed by atoms with Crippen LogP contribution in [0, 0.1) is 5.92 Å². The molecule has 2 aliphatic heterocycles. The van der Waals surface area contributed by atoms with Crippen LogP contribution in [0.25, 0.3) is 0 Å². The van der Waals surface area contributed by atoms with Crippen LogP contribution < -0.4 is 5.32 Å². The van der Waals surface area contributed by atoms with E-state index in [9.17, 15) is 4.79 Å². The Balaban J connectivity index is 1.62. The summed E-state index contributed by atoms with van der Waals surface area (Å²) >= 11 is 0. The summed E-state index contributed by atoms with van der Waals surface area (Å²) in [7, 11) is 4.20. The molecule has 2 heterocycles. The number of carbonyl (C=O) groups excluding carboxylic acids is 1. The second kappa shape index (κ2) is 8.74. The summed E-state index contributed by atoms with van der Waals surface area (Å²) in [4.78, 5) is 16.7. The maximum atomic E-state index is 12.2. The molecule has 2 rings (SSSR count). The van der Waals surface area contributed by atoms with Gasteiger partial charge in [-0.05, 0) is 71.1 Å². The minimum absolute atomic E-state index is 0.340. The molecule has 122 valence electrons. The molecule has 0 aromatic carbocycles. The van der Waals surface area contributed by atoms with Gasteiger partial charge in [-0.25, -0.2) is 0 Å². The minimum Gasteiger partial charge on any atom is -0.346 e. The van der Waals surface area contributed by atoms with Crippen molar-refractivity contribution in [3.05, 3.63) is 0 Å². The Labute approximate surface area is 130 Å². The number of piperidine rings is 2. The maximum Gasteiger partial charge on any atom is 0.222 e. The number of amides is 1. The largest absolute Gasteiger partial charge is 0.346 e. The number of carbonyl (C=O) groups is 1. The van der Waals surface area contributed by atoms with Gasteiger partial charge >= 0.3 is 0 Å². The van der Waals surface area contributed by atoms with Crippen LogP contribution >= 0.6 is 0 Å². The first-order valence-electron chi connectivity index (χ1n) is 8.81. The van der Waals surface area contributed by atoms with Crippen molar-refractivity contribution in [3.63, 3.8) is 0 Å². The topological polar surface area (TPSA) is 35.6 Å². The molecule has 0 spiro atoms. The number of hydrogen-bond acceptors (Lipinski definition) is 3. The van der Waals surface area contributed by atoms with Gasteiger partial charge in [0.15, 0.2) is 0 Å². The summed E-state index contributed by atoms with van der Waals surface area (Å²) < 4.78 is 0. The van der Waals surface area contributed by atoms with E-state index in [1.165, 1.54) is 38.6 Å². The predicted molar refractivity (Wildman–Crippen MR) is 87.4 cm³/mol. The third kappa shape index (κ3) is 5.59. The van der Waals surface area contributed by atoms with Crippen molar-refractivity contribution in [1.29, 1.82) is 0 Å². The van der Waals surface area contributed by atoms with E-state index >= 15 is 0 Å². The molecule has 0 saturated carbocycles. The average Bonchev–Trinajstić information content (AvgIpc) is 2.52.